The Morgan fingerprint density at radius 3 is 2.42 bits per heavy atom. The van der Waals surface area contributed by atoms with E-state index in [0.717, 1.165) is 6.07 Å². The van der Waals surface area contributed by atoms with Gasteiger partial charge >= 0.3 is 27.2 Å². The molecular formula is C24H16F3N5Pt. The van der Waals surface area contributed by atoms with Crippen LogP contribution in [0.3, 0.4) is 0 Å². The minimum atomic E-state index is -4.55. The Labute approximate surface area is 203 Å². The topological polar surface area (TPSA) is 48.0 Å². The van der Waals surface area contributed by atoms with E-state index in [9.17, 15) is 13.2 Å². The van der Waals surface area contributed by atoms with Crippen LogP contribution < -0.4 is 0 Å². The van der Waals surface area contributed by atoms with Gasteiger partial charge in [-0.15, -0.1) is 23.8 Å². The van der Waals surface area contributed by atoms with Crippen LogP contribution in [0.1, 0.15) is 30.9 Å². The number of nitrogens with zero attached hydrogens (tertiary/aromatic N) is 5. The number of halogens is 3. The summed E-state index contributed by atoms with van der Waals surface area (Å²) in [5.74, 6) is -0.0471. The Bertz CT molecular complexity index is 1320. The van der Waals surface area contributed by atoms with Crippen molar-refractivity contribution in [1.82, 2.24) is 19.7 Å². The summed E-state index contributed by atoms with van der Waals surface area (Å²) < 4.78 is 40.2. The normalized spacial score (nSPS) is 11.5. The van der Waals surface area contributed by atoms with Gasteiger partial charge in [0.05, 0.1) is 29.2 Å². The second kappa shape index (κ2) is 9.28. The van der Waals surface area contributed by atoms with Crippen molar-refractivity contribution in [3.8, 4) is 17.1 Å². The third kappa shape index (κ3) is 5.04. The van der Waals surface area contributed by atoms with E-state index in [1.165, 1.54) is 10.7 Å². The molecule has 0 unspecified atom stereocenters. The Balaban J connectivity index is 0.00000306. The fourth-order valence-corrected chi connectivity index (χ4v) is 3.17. The maximum Gasteiger partial charge on any atom is 2.00 e. The summed E-state index contributed by atoms with van der Waals surface area (Å²) in [6, 6.07) is 20.2. The zero-order valence-electron chi connectivity index (χ0n) is 17.5. The van der Waals surface area contributed by atoms with Crippen molar-refractivity contribution in [1.29, 1.82) is 0 Å². The second-order valence-electron chi connectivity index (χ2n) is 7.55. The van der Waals surface area contributed by atoms with E-state index in [2.05, 4.69) is 27.1 Å². The molecule has 0 radical (unpaired) electrons. The van der Waals surface area contributed by atoms with Crippen LogP contribution in [0.2, 0.25) is 0 Å². The summed E-state index contributed by atoms with van der Waals surface area (Å²) in [4.78, 5) is 11.8. The molecule has 0 saturated heterocycles. The van der Waals surface area contributed by atoms with Crippen LogP contribution in [0.4, 0.5) is 18.9 Å². The van der Waals surface area contributed by atoms with E-state index in [1.807, 2.05) is 32.0 Å². The van der Waals surface area contributed by atoms with Crippen LogP contribution in [-0.4, -0.2) is 19.7 Å². The molecule has 0 aliphatic carbocycles. The van der Waals surface area contributed by atoms with Gasteiger partial charge in [0, 0.05) is 11.9 Å². The largest absolute Gasteiger partial charge is 2.00 e. The first-order valence-corrected chi connectivity index (χ1v) is 9.58. The SMILES string of the molecule is [C-]#[N+]c1cc[c-]c(-c2cccc(C(C)(C)c3ccn(-c4[c-]ccc(C(F)(F)F)n4)n3)n2)c1.[Pt+2]. The molecule has 3 aromatic heterocycles. The quantitative estimate of drug-likeness (QED) is 0.269. The smallest absolute Gasteiger partial charge is 0.300 e. The molecule has 1 aromatic carbocycles. The molecule has 4 rings (SSSR count). The Morgan fingerprint density at radius 1 is 0.939 bits per heavy atom. The maximum absolute atomic E-state index is 13.0. The van der Waals surface area contributed by atoms with Gasteiger partial charge in [0.2, 0.25) is 0 Å². The van der Waals surface area contributed by atoms with Gasteiger partial charge < -0.3 is 4.98 Å². The summed E-state index contributed by atoms with van der Waals surface area (Å²) >= 11 is 0. The Kier molecular flexibility index (Phi) is 6.85. The van der Waals surface area contributed by atoms with Crippen molar-refractivity contribution in [3.63, 3.8) is 0 Å². The van der Waals surface area contributed by atoms with Crippen molar-refractivity contribution in [2.24, 2.45) is 0 Å². The van der Waals surface area contributed by atoms with Crippen LogP contribution in [0, 0.1) is 18.7 Å². The zero-order valence-corrected chi connectivity index (χ0v) is 19.7. The molecule has 0 atom stereocenters. The van der Waals surface area contributed by atoms with Gasteiger partial charge in [-0.1, -0.05) is 12.1 Å². The molecule has 0 spiro atoms. The van der Waals surface area contributed by atoms with Crippen molar-refractivity contribution in [3.05, 3.63) is 101 Å². The van der Waals surface area contributed by atoms with Crippen LogP contribution >= 0.6 is 0 Å². The summed E-state index contributed by atoms with van der Waals surface area (Å²) in [5.41, 5.74) is 1.51. The van der Waals surface area contributed by atoms with Crippen LogP contribution in [-0.2, 0) is 32.7 Å². The van der Waals surface area contributed by atoms with Crippen LogP contribution in [0.25, 0.3) is 21.9 Å². The van der Waals surface area contributed by atoms with E-state index in [0.29, 0.717) is 28.3 Å². The van der Waals surface area contributed by atoms with Crippen molar-refractivity contribution in [2.75, 3.05) is 0 Å². The average Bonchev–Trinajstić information content (AvgIpc) is 3.30. The number of hydrogen-bond acceptors (Lipinski definition) is 3. The summed E-state index contributed by atoms with van der Waals surface area (Å²) in [7, 11) is 0. The molecule has 0 aliphatic heterocycles. The molecule has 0 fully saturated rings. The minimum Gasteiger partial charge on any atom is -0.300 e. The van der Waals surface area contributed by atoms with Crippen LogP contribution in [0.15, 0.2) is 60.8 Å². The van der Waals surface area contributed by atoms with E-state index < -0.39 is 17.3 Å². The predicted molar refractivity (Wildman–Crippen MR) is 112 cm³/mol. The Morgan fingerprint density at radius 2 is 1.70 bits per heavy atom. The van der Waals surface area contributed by atoms with Gasteiger partial charge in [-0.3, -0.25) is 9.83 Å². The first kappa shape index (κ1) is 24.3. The van der Waals surface area contributed by atoms with E-state index in [-0.39, 0.29) is 26.9 Å². The molecule has 0 bridgehead atoms. The third-order valence-corrected chi connectivity index (χ3v) is 5.00. The summed E-state index contributed by atoms with van der Waals surface area (Å²) in [6.07, 6.45) is -3.00. The van der Waals surface area contributed by atoms with E-state index in [4.69, 9.17) is 11.6 Å². The van der Waals surface area contributed by atoms with E-state index >= 15 is 0 Å². The van der Waals surface area contributed by atoms with Crippen molar-refractivity contribution < 1.29 is 34.2 Å². The van der Waals surface area contributed by atoms with Crippen molar-refractivity contribution >= 4 is 5.69 Å². The standard InChI is InChI=1S/C24H16F3N5.Pt/c1-23(2,19-10-5-9-18(29-19)16-7-4-8-17(15-16)28-3)20-13-14-32(31-20)22-12-6-11-21(30-22)24(25,26)27;/h4-6,8-11,13-15H,1-2H3;/q-2;+2. The first-order valence-electron chi connectivity index (χ1n) is 9.58. The molecule has 0 N–H and O–H groups in total. The van der Waals surface area contributed by atoms with Gasteiger partial charge in [0.25, 0.3) is 0 Å². The molecular weight excluding hydrogens is 610 g/mol. The summed E-state index contributed by atoms with van der Waals surface area (Å²) in [6.45, 7) is 11.0. The zero-order chi connectivity index (χ0) is 22.9. The second-order valence-corrected chi connectivity index (χ2v) is 7.55. The Hall–Kier alpha value is -3.30. The van der Waals surface area contributed by atoms with Crippen molar-refractivity contribution in [2.45, 2.75) is 25.4 Å². The fraction of sp³-hybridized carbons (Fsp3) is 0.167. The van der Waals surface area contributed by atoms with Gasteiger partial charge in [-0.05, 0) is 31.7 Å². The van der Waals surface area contributed by atoms with Gasteiger partial charge in [0.1, 0.15) is 5.69 Å². The number of aromatic nitrogens is 4. The van der Waals surface area contributed by atoms with E-state index in [1.54, 1.807) is 30.5 Å². The first-order chi connectivity index (χ1) is 15.2. The molecule has 0 amide bonds. The average molecular weight is 626 g/mol. The fourth-order valence-electron chi connectivity index (χ4n) is 3.17. The molecule has 33 heavy (non-hydrogen) atoms. The van der Waals surface area contributed by atoms with Gasteiger partial charge in [0.15, 0.2) is 0 Å². The molecule has 0 saturated carbocycles. The molecule has 168 valence electrons. The summed E-state index contributed by atoms with van der Waals surface area (Å²) in [5, 5.41) is 4.45. The number of pyridine rings is 2. The molecule has 5 nitrogen and oxygen atoms in total. The molecule has 9 heteroatoms. The monoisotopic (exact) mass is 626 g/mol. The maximum atomic E-state index is 13.0. The van der Waals surface area contributed by atoms with Crippen LogP contribution in [0.5, 0.6) is 0 Å². The number of hydrogen-bond donors (Lipinski definition) is 0. The number of benzene rings is 1. The minimum absolute atomic E-state index is 0. The molecule has 4 aromatic rings. The predicted octanol–water partition coefficient (Wildman–Crippen LogP) is 5.82. The number of rotatable bonds is 4. The third-order valence-electron chi connectivity index (χ3n) is 5.00. The number of alkyl halides is 3. The van der Waals surface area contributed by atoms with Gasteiger partial charge in [-0.25, -0.2) is 16.8 Å². The van der Waals surface area contributed by atoms with Gasteiger partial charge in [-0.2, -0.15) is 30.4 Å². The molecule has 3 heterocycles. The molecule has 0 aliphatic rings.